The summed E-state index contributed by atoms with van der Waals surface area (Å²) in [6, 6.07) is 1.27. The van der Waals surface area contributed by atoms with E-state index in [1.807, 2.05) is 13.0 Å². The molecule has 11 heavy (non-hydrogen) atoms. The van der Waals surface area contributed by atoms with E-state index >= 15 is 0 Å². The third-order valence-corrected chi connectivity index (χ3v) is 1.30. The van der Waals surface area contributed by atoms with Crippen LogP contribution < -0.4 is 5.32 Å². The molecule has 1 unspecified atom stereocenters. The van der Waals surface area contributed by atoms with E-state index in [0.717, 1.165) is 6.42 Å². The topological polar surface area (TPSA) is 73.1 Å². The zero-order chi connectivity index (χ0) is 8.69. The first-order valence-electron chi connectivity index (χ1n) is 3.55. The lowest BCUT2D eigenvalue weighted by molar-refractivity contribution is -0.139. The van der Waals surface area contributed by atoms with Gasteiger partial charge in [0.05, 0.1) is 12.6 Å². The van der Waals surface area contributed by atoms with Gasteiger partial charge in [-0.2, -0.15) is 5.26 Å². The molecule has 0 bridgehead atoms. The normalized spacial score (nSPS) is 12.0. The highest BCUT2D eigenvalue weighted by molar-refractivity contribution is 5.73. The molecule has 0 fully saturated rings. The smallest absolute Gasteiger partial charge is 0.320 e. The number of aliphatic carboxylic acids is 1. The second-order valence-corrected chi connectivity index (χ2v) is 2.22. The second kappa shape index (κ2) is 5.69. The molecule has 4 nitrogen and oxygen atoms in total. The molecule has 2 N–H and O–H groups in total. The lowest BCUT2D eigenvalue weighted by Gasteiger charge is -2.09. The molecule has 0 aliphatic carbocycles. The molecule has 0 aromatic heterocycles. The monoisotopic (exact) mass is 156 g/mol. The van der Waals surface area contributed by atoms with Gasteiger partial charge in [-0.3, -0.25) is 10.1 Å². The summed E-state index contributed by atoms with van der Waals surface area (Å²) < 4.78 is 0. The maximum Gasteiger partial charge on any atom is 0.320 e. The number of hydrogen-bond donors (Lipinski definition) is 2. The van der Waals surface area contributed by atoms with Crippen LogP contribution in [0.4, 0.5) is 0 Å². The number of rotatable bonds is 5. The van der Waals surface area contributed by atoms with E-state index in [-0.39, 0.29) is 6.54 Å². The first-order chi connectivity index (χ1) is 5.22. The van der Waals surface area contributed by atoms with E-state index in [2.05, 4.69) is 5.32 Å². The average molecular weight is 156 g/mol. The van der Waals surface area contributed by atoms with Gasteiger partial charge in [-0.05, 0) is 6.42 Å². The van der Waals surface area contributed by atoms with Crippen molar-refractivity contribution in [1.29, 1.82) is 5.26 Å². The fourth-order valence-electron chi connectivity index (χ4n) is 0.770. The molecular weight excluding hydrogens is 144 g/mol. The molecule has 0 aromatic rings. The van der Waals surface area contributed by atoms with Crippen molar-refractivity contribution in [3.63, 3.8) is 0 Å². The van der Waals surface area contributed by atoms with E-state index in [4.69, 9.17) is 10.4 Å². The molecule has 0 saturated carbocycles. The van der Waals surface area contributed by atoms with Crippen LogP contribution in [0.5, 0.6) is 0 Å². The number of nitrogens with zero attached hydrogens (tertiary/aromatic N) is 1. The zero-order valence-corrected chi connectivity index (χ0v) is 6.50. The highest BCUT2D eigenvalue weighted by atomic mass is 16.4. The Bertz CT molecular complexity index is 162. The third-order valence-electron chi connectivity index (χ3n) is 1.30. The molecule has 0 aliphatic rings. The molecule has 4 heteroatoms. The molecule has 0 amide bonds. The summed E-state index contributed by atoms with van der Waals surface area (Å²) in [5.41, 5.74) is 0. The predicted octanol–water partition coefficient (Wildman–Crippen LogP) is 0.353. The van der Waals surface area contributed by atoms with Gasteiger partial charge in [0.15, 0.2) is 0 Å². The minimum atomic E-state index is -0.887. The molecule has 0 saturated heterocycles. The molecular formula is C7H12N2O2. The molecule has 0 heterocycles. The molecule has 1 atom stereocenters. The molecule has 62 valence electrons. The van der Waals surface area contributed by atoms with Crippen molar-refractivity contribution < 1.29 is 9.90 Å². The maximum atomic E-state index is 10.4. The molecule has 0 radical (unpaired) electrons. The largest absolute Gasteiger partial charge is 0.480 e. The fourth-order valence-corrected chi connectivity index (χ4v) is 0.770. The summed E-state index contributed by atoms with van der Waals surface area (Å²) in [4.78, 5) is 10.4. The number of carboxylic acids is 1. The minimum Gasteiger partial charge on any atom is -0.480 e. The Kier molecular flexibility index (Phi) is 5.13. The standard InChI is InChI=1S/C7H12N2O2/c1-2-3-6(7(10)11)9-5-4-8/h6,9H,2-3,5H2,1H3,(H,10,11). The summed E-state index contributed by atoms with van der Waals surface area (Å²) in [6.07, 6.45) is 1.37. The molecule has 0 aliphatic heterocycles. The van der Waals surface area contributed by atoms with E-state index in [1.54, 1.807) is 0 Å². The van der Waals surface area contributed by atoms with E-state index < -0.39 is 12.0 Å². The van der Waals surface area contributed by atoms with Crippen LogP contribution in [0, 0.1) is 11.3 Å². The van der Waals surface area contributed by atoms with Crippen LogP contribution in [0.1, 0.15) is 19.8 Å². The summed E-state index contributed by atoms with van der Waals surface area (Å²) in [5, 5.41) is 19.3. The maximum absolute atomic E-state index is 10.4. The zero-order valence-electron chi connectivity index (χ0n) is 6.50. The molecule has 0 rings (SSSR count). The third kappa shape index (κ3) is 4.34. The lowest BCUT2D eigenvalue weighted by atomic mass is 10.2. The van der Waals surface area contributed by atoms with Gasteiger partial charge in [0, 0.05) is 0 Å². The number of carbonyl (C=O) groups is 1. The van der Waals surface area contributed by atoms with Crippen LogP contribution in [-0.4, -0.2) is 23.7 Å². The van der Waals surface area contributed by atoms with Crippen LogP contribution in [0.15, 0.2) is 0 Å². The second-order valence-electron chi connectivity index (χ2n) is 2.22. The van der Waals surface area contributed by atoms with Gasteiger partial charge < -0.3 is 5.11 Å². The Morgan fingerprint density at radius 2 is 2.45 bits per heavy atom. The Hall–Kier alpha value is -1.08. The molecule has 0 spiro atoms. The minimum absolute atomic E-state index is 0.0942. The van der Waals surface area contributed by atoms with E-state index in [0.29, 0.717) is 6.42 Å². The predicted molar refractivity (Wildman–Crippen MR) is 39.9 cm³/mol. The SMILES string of the molecule is CCCC(NCC#N)C(=O)O. The van der Waals surface area contributed by atoms with Crippen molar-refractivity contribution in [2.75, 3.05) is 6.54 Å². The van der Waals surface area contributed by atoms with Gasteiger partial charge >= 0.3 is 5.97 Å². The van der Waals surface area contributed by atoms with Crippen molar-refractivity contribution in [1.82, 2.24) is 5.32 Å². The van der Waals surface area contributed by atoms with Crippen molar-refractivity contribution in [3.05, 3.63) is 0 Å². The Labute approximate surface area is 65.8 Å². The fraction of sp³-hybridized carbons (Fsp3) is 0.714. The van der Waals surface area contributed by atoms with E-state index in [9.17, 15) is 4.79 Å². The quantitative estimate of drug-likeness (QED) is 0.563. The average Bonchev–Trinajstić information content (AvgIpc) is 1.97. The van der Waals surface area contributed by atoms with Gasteiger partial charge in [-0.15, -0.1) is 0 Å². The summed E-state index contributed by atoms with van der Waals surface area (Å²) in [7, 11) is 0. The van der Waals surface area contributed by atoms with Crippen LogP contribution in [-0.2, 0) is 4.79 Å². The van der Waals surface area contributed by atoms with Gasteiger partial charge in [0.25, 0.3) is 0 Å². The van der Waals surface area contributed by atoms with Crippen molar-refractivity contribution in [2.45, 2.75) is 25.8 Å². The van der Waals surface area contributed by atoms with E-state index in [1.165, 1.54) is 0 Å². The highest BCUT2D eigenvalue weighted by Gasteiger charge is 2.13. The summed E-state index contributed by atoms with van der Waals surface area (Å²) >= 11 is 0. The first-order valence-corrected chi connectivity index (χ1v) is 3.55. The Balaban J connectivity index is 3.71. The first kappa shape index (κ1) is 9.92. The van der Waals surface area contributed by atoms with Gasteiger partial charge in [-0.1, -0.05) is 13.3 Å². The van der Waals surface area contributed by atoms with Gasteiger partial charge in [-0.25, -0.2) is 0 Å². The lowest BCUT2D eigenvalue weighted by Crippen LogP contribution is -2.36. The van der Waals surface area contributed by atoms with Crippen LogP contribution in [0.25, 0.3) is 0 Å². The van der Waals surface area contributed by atoms with Crippen LogP contribution >= 0.6 is 0 Å². The van der Waals surface area contributed by atoms with Crippen molar-refractivity contribution in [3.8, 4) is 6.07 Å². The highest BCUT2D eigenvalue weighted by Crippen LogP contribution is 1.95. The Morgan fingerprint density at radius 3 is 2.82 bits per heavy atom. The van der Waals surface area contributed by atoms with Gasteiger partial charge in [0.2, 0.25) is 0 Å². The summed E-state index contributed by atoms with van der Waals surface area (Å²) in [5.74, 6) is -0.887. The Morgan fingerprint density at radius 1 is 1.82 bits per heavy atom. The van der Waals surface area contributed by atoms with Crippen molar-refractivity contribution in [2.24, 2.45) is 0 Å². The van der Waals surface area contributed by atoms with Crippen LogP contribution in [0.3, 0.4) is 0 Å². The number of nitrogens with one attached hydrogen (secondary N) is 1. The number of nitriles is 1. The number of carboxylic acid groups (broad SMARTS) is 1. The number of hydrogen-bond acceptors (Lipinski definition) is 3. The van der Waals surface area contributed by atoms with Crippen LogP contribution in [0.2, 0.25) is 0 Å². The molecule has 0 aromatic carbocycles. The van der Waals surface area contributed by atoms with Gasteiger partial charge in [0.1, 0.15) is 6.04 Å². The van der Waals surface area contributed by atoms with Crippen molar-refractivity contribution >= 4 is 5.97 Å². The summed E-state index contributed by atoms with van der Waals surface area (Å²) in [6.45, 7) is 2.00.